The SMILES string of the molecule is NC1=NCN=C2N([C@@H]3O[C@H](CO)[C@@H](O)[C@H]3O)C=NC12Cl. The van der Waals surface area contributed by atoms with Crippen molar-refractivity contribution in [3.8, 4) is 0 Å². The molecule has 1 fully saturated rings. The normalized spacial score (nSPS) is 43.5. The van der Waals surface area contributed by atoms with Crippen LogP contribution >= 0.6 is 11.6 Å². The Hall–Kier alpha value is -1.26. The number of rotatable bonds is 2. The van der Waals surface area contributed by atoms with Crippen LogP contribution in [0.4, 0.5) is 0 Å². The van der Waals surface area contributed by atoms with E-state index in [0.29, 0.717) is 0 Å². The molecular formula is C10H14ClN5O4. The van der Waals surface area contributed by atoms with Gasteiger partial charge in [0.2, 0.25) is 5.00 Å². The molecule has 20 heavy (non-hydrogen) atoms. The number of aliphatic hydroxyl groups excluding tert-OH is 3. The first kappa shape index (κ1) is 13.7. The monoisotopic (exact) mass is 303 g/mol. The van der Waals surface area contributed by atoms with Crippen LogP contribution in [0.3, 0.4) is 0 Å². The minimum absolute atomic E-state index is 0.101. The van der Waals surface area contributed by atoms with Gasteiger partial charge in [-0.1, -0.05) is 11.6 Å². The van der Waals surface area contributed by atoms with E-state index in [1.807, 2.05) is 0 Å². The van der Waals surface area contributed by atoms with Gasteiger partial charge >= 0.3 is 0 Å². The predicted molar refractivity (Wildman–Crippen MR) is 70.6 cm³/mol. The second-order valence-electron chi connectivity index (χ2n) is 4.67. The van der Waals surface area contributed by atoms with Gasteiger partial charge in [0, 0.05) is 0 Å². The molecule has 1 saturated heterocycles. The van der Waals surface area contributed by atoms with Gasteiger partial charge in [0.15, 0.2) is 12.1 Å². The standard InChI is InChI=1S/C10H14ClN5O4/c11-10-8(12)13-2-14-9(10)16(3-15-10)7-6(19)5(18)4(1-17)20-7/h3-7,17-19H,1-2H2,(H2,12,13)/t4-,5-,6-,7-,10?/m1/s1. The number of aliphatic hydroxyl groups is 3. The van der Waals surface area contributed by atoms with Crippen LogP contribution < -0.4 is 5.73 Å². The summed E-state index contributed by atoms with van der Waals surface area (Å²) < 4.78 is 5.41. The Morgan fingerprint density at radius 1 is 1.45 bits per heavy atom. The largest absolute Gasteiger partial charge is 0.394 e. The van der Waals surface area contributed by atoms with Crippen molar-refractivity contribution in [1.82, 2.24) is 4.90 Å². The Balaban J connectivity index is 1.87. The van der Waals surface area contributed by atoms with E-state index in [9.17, 15) is 10.2 Å². The molecule has 3 heterocycles. The number of fused-ring (bicyclic) bond motifs is 1. The molecule has 0 aliphatic carbocycles. The van der Waals surface area contributed by atoms with Crippen LogP contribution in [0.5, 0.6) is 0 Å². The molecular weight excluding hydrogens is 290 g/mol. The first-order valence-corrected chi connectivity index (χ1v) is 6.37. The Morgan fingerprint density at radius 2 is 2.20 bits per heavy atom. The maximum absolute atomic E-state index is 10.0. The van der Waals surface area contributed by atoms with Crippen molar-refractivity contribution >= 4 is 29.6 Å². The molecule has 3 rings (SSSR count). The van der Waals surface area contributed by atoms with Gasteiger partial charge < -0.3 is 25.8 Å². The number of nitrogens with two attached hydrogens (primary N) is 1. The van der Waals surface area contributed by atoms with Crippen molar-refractivity contribution in [2.24, 2.45) is 20.7 Å². The lowest BCUT2D eigenvalue weighted by molar-refractivity contribution is -0.0511. The molecule has 0 aromatic heterocycles. The lowest BCUT2D eigenvalue weighted by Gasteiger charge is -2.30. The number of amidine groups is 2. The summed E-state index contributed by atoms with van der Waals surface area (Å²) in [5.74, 6) is 0.385. The number of halogens is 1. The molecule has 0 bridgehead atoms. The zero-order chi connectivity index (χ0) is 14.5. The van der Waals surface area contributed by atoms with E-state index in [0.717, 1.165) is 0 Å². The van der Waals surface area contributed by atoms with Crippen LogP contribution in [0.25, 0.3) is 0 Å². The summed E-state index contributed by atoms with van der Waals surface area (Å²) in [5, 5.41) is 28.9. The Kier molecular flexibility index (Phi) is 3.18. The zero-order valence-corrected chi connectivity index (χ0v) is 11.1. The van der Waals surface area contributed by atoms with Crippen LogP contribution in [-0.2, 0) is 4.74 Å². The Bertz CT molecular complexity index is 512. The average Bonchev–Trinajstić information content (AvgIpc) is 2.91. The Labute approximate surface area is 119 Å². The number of hydrogen-bond acceptors (Lipinski definition) is 9. The molecule has 1 unspecified atom stereocenters. The van der Waals surface area contributed by atoms with E-state index in [1.165, 1.54) is 11.2 Å². The highest BCUT2D eigenvalue weighted by atomic mass is 35.5. The van der Waals surface area contributed by atoms with Gasteiger partial charge in [0.05, 0.1) is 12.9 Å². The predicted octanol–water partition coefficient (Wildman–Crippen LogP) is -2.57. The minimum Gasteiger partial charge on any atom is -0.394 e. The molecule has 5 atom stereocenters. The van der Waals surface area contributed by atoms with Gasteiger partial charge in [-0.05, 0) is 0 Å². The van der Waals surface area contributed by atoms with Crippen LogP contribution in [0.2, 0.25) is 0 Å². The average molecular weight is 304 g/mol. The van der Waals surface area contributed by atoms with Crippen LogP contribution in [0, 0.1) is 0 Å². The van der Waals surface area contributed by atoms with Gasteiger partial charge in [0.25, 0.3) is 0 Å². The molecule has 0 aromatic carbocycles. The fourth-order valence-electron chi connectivity index (χ4n) is 2.37. The summed E-state index contributed by atoms with van der Waals surface area (Å²) in [6.07, 6.45) is -2.95. The molecule has 3 aliphatic rings. The fourth-order valence-corrected chi connectivity index (χ4v) is 2.63. The fraction of sp³-hybridized carbons (Fsp3) is 0.700. The highest BCUT2D eigenvalue weighted by Gasteiger charge is 2.53. The van der Waals surface area contributed by atoms with Gasteiger partial charge in [-0.25, -0.2) is 15.0 Å². The molecule has 5 N–H and O–H groups in total. The van der Waals surface area contributed by atoms with Gasteiger partial charge in [-0.2, -0.15) is 0 Å². The topological polar surface area (TPSA) is 136 Å². The smallest absolute Gasteiger partial charge is 0.248 e. The number of hydrogen-bond donors (Lipinski definition) is 4. The third-order valence-electron chi connectivity index (χ3n) is 3.49. The van der Waals surface area contributed by atoms with Crippen molar-refractivity contribution in [1.29, 1.82) is 0 Å². The van der Waals surface area contributed by atoms with Crippen molar-refractivity contribution in [3.05, 3.63) is 0 Å². The third-order valence-corrected chi connectivity index (χ3v) is 3.95. The van der Waals surface area contributed by atoms with Gasteiger partial charge in [-0.15, -0.1) is 0 Å². The number of ether oxygens (including phenoxy) is 1. The molecule has 3 aliphatic heterocycles. The number of aliphatic imine (C=N–C) groups is 3. The van der Waals surface area contributed by atoms with Crippen molar-refractivity contribution in [2.45, 2.75) is 29.5 Å². The molecule has 0 radical (unpaired) electrons. The molecule has 110 valence electrons. The summed E-state index contributed by atoms with van der Waals surface area (Å²) in [4.78, 5) is 12.1. The molecule has 0 aromatic rings. The third kappa shape index (κ3) is 1.75. The zero-order valence-electron chi connectivity index (χ0n) is 10.3. The summed E-state index contributed by atoms with van der Waals surface area (Å²) in [6.45, 7) is -0.313. The van der Waals surface area contributed by atoms with Crippen LogP contribution in [0.15, 0.2) is 15.0 Å². The molecule has 0 amide bonds. The van der Waals surface area contributed by atoms with Gasteiger partial charge in [-0.3, -0.25) is 4.90 Å². The maximum Gasteiger partial charge on any atom is 0.248 e. The number of nitrogens with zero attached hydrogens (tertiary/aromatic N) is 4. The first-order valence-electron chi connectivity index (χ1n) is 5.99. The number of alkyl halides is 1. The second-order valence-corrected chi connectivity index (χ2v) is 5.22. The molecule has 0 spiro atoms. The molecule has 0 saturated carbocycles. The van der Waals surface area contributed by atoms with E-state index < -0.39 is 36.1 Å². The van der Waals surface area contributed by atoms with E-state index in [1.54, 1.807) is 0 Å². The molecule has 9 nitrogen and oxygen atoms in total. The summed E-state index contributed by atoms with van der Waals surface area (Å²) in [7, 11) is 0. The quantitative estimate of drug-likeness (QED) is 0.327. The van der Waals surface area contributed by atoms with E-state index >= 15 is 0 Å². The summed E-state index contributed by atoms with van der Waals surface area (Å²) in [5.41, 5.74) is 5.73. The summed E-state index contributed by atoms with van der Waals surface area (Å²) in [6, 6.07) is 0. The van der Waals surface area contributed by atoms with Crippen LogP contribution in [0.1, 0.15) is 0 Å². The van der Waals surface area contributed by atoms with Crippen molar-refractivity contribution in [2.75, 3.05) is 13.3 Å². The van der Waals surface area contributed by atoms with Crippen LogP contribution in [-0.4, -0.2) is 81.0 Å². The second kappa shape index (κ2) is 4.64. The van der Waals surface area contributed by atoms with E-state index in [2.05, 4.69) is 15.0 Å². The highest BCUT2D eigenvalue weighted by molar-refractivity contribution is 6.49. The van der Waals surface area contributed by atoms with Crippen molar-refractivity contribution < 1.29 is 20.1 Å². The summed E-state index contributed by atoms with van der Waals surface area (Å²) >= 11 is 6.28. The molecule has 10 heteroatoms. The maximum atomic E-state index is 10.0. The minimum atomic E-state index is -1.40. The Morgan fingerprint density at radius 3 is 2.85 bits per heavy atom. The van der Waals surface area contributed by atoms with Crippen molar-refractivity contribution in [3.63, 3.8) is 0 Å². The highest BCUT2D eigenvalue weighted by Crippen LogP contribution is 2.33. The van der Waals surface area contributed by atoms with E-state index in [-0.39, 0.29) is 18.3 Å². The lowest BCUT2D eigenvalue weighted by atomic mass is 10.1. The van der Waals surface area contributed by atoms with Gasteiger partial charge in [0.1, 0.15) is 30.8 Å². The van der Waals surface area contributed by atoms with E-state index in [4.69, 9.17) is 27.2 Å². The first-order chi connectivity index (χ1) is 9.49. The lowest BCUT2D eigenvalue weighted by Crippen LogP contribution is -2.53.